The molecule has 2 heterocycles. The highest BCUT2D eigenvalue weighted by molar-refractivity contribution is 5.51. The third-order valence-electron chi connectivity index (χ3n) is 1.44. The SMILES string of the molecule is O=[N+]([O-])c1ccc[n+]2[nH]nnc12. The van der Waals surface area contributed by atoms with Gasteiger partial charge in [0.15, 0.2) is 5.21 Å². The number of hydrogen-bond donors (Lipinski definition) is 1. The number of nitrogens with one attached hydrogen (secondary N) is 1. The molecule has 0 bridgehead atoms. The van der Waals surface area contributed by atoms with Crippen LogP contribution in [-0.2, 0) is 0 Å². The van der Waals surface area contributed by atoms with Gasteiger partial charge in [0, 0.05) is 6.07 Å². The first-order valence-corrected chi connectivity index (χ1v) is 3.15. The van der Waals surface area contributed by atoms with Gasteiger partial charge in [0.05, 0.1) is 11.1 Å². The van der Waals surface area contributed by atoms with Gasteiger partial charge >= 0.3 is 11.3 Å². The van der Waals surface area contributed by atoms with Crippen LogP contribution in [0.3, 0.4) is 0 Å². The summed E-state index contributed by atoms with van der Waals surface area (Å²) in [6, 6.07) is 2.92. The van der Waals surface area contributed by atoms with Crippen molar-refractivity contribution in [2.24, 2.45) is 0 Å². The van der Waals surface area contributed by atoms with Gasteiger partial charge in [-0.25, -0.2) is 0 Å². The Balaban J connectivity index is 2.82. The van der Waals surface area contributed by atoms with Crippen LogP contribution >= 0.6 is 0 Å². The number of tetrazole rings is 1. The normalized spacial score (nSPS) is 10.3. The summed E-state index contributed by atoms with van der Waals surface area (Å²) in [5, 5.41) is 19.9. The average Bonchev–Trinajstić information content (AvgIpc) is 2.49. The summed E-state index contributed by atoms with van der Waals surface area (Å²) in [5.74, 6) is 0. The fraction of sp³-hybridized carbons (Fsp3) is 0. The maximum Gasteiger partial charge on any atom is 0.407 e. The van der Waals surface area contributed by atoms with Crippen molar-refractivity contribution in [1.82, 2.24) is 15.5 Å². The summed E-state index contributed by atoms with van der Waals surface area (Å²) in [6.07, 6.45) is 1.60. The number of fused-ring (bicyclic) bond motifs is 1. The Hall–Kier alpha value is -2.05. The molecule has 0 saturated heterocycles. The molecule has 0 spiro atoms. The van der Waals surface area contributed by atoms with Crippen LogP contribution < -0.4 is 4.52 Å². The molecule has 7 heteroatoms. The second kappa shape index (κ2) is 2.22. The van der Waals surface area contributed by atoms with Gasteiger partial charge in [0.1, 0.15) is 5.10 Å². The highest BCUT2D eigenvalue weighted by Gasteiger charge is 2.20. The molecule has 7 nitrogen and oxygen atoms in total. The van der Waals surface area contributed by atoms with Gasteiger partial charge in [-0.2, -0.15) is 0 Å². The molecule has 2 rings (SSSR count). The molecule has 2 aromatic rings. The van der Waals surface area contributed by atoms with Gasteiger partial charge in [0.2, 0.25) is 0 Å². The van der Waals surface area contributed by atoms with E-state index in [4.69, 9.17) is 0 Å². The van der Waals surface area contributed by atoms with Crippen molar-refractivity contribution in [3.8, 4) is 0 Å². The zero-order valence-electron chi connectivity index (χ0n) is 5.84. The first-order chi connectivity index (χ1) is 5.79. The van der Waals surface area contributed by atoms with Crippen molar-refractivity contribution in [3.05, 3.63) is 28.4 Å². The molecule has 0 amide bonds. The Kier molecular flexibility index (Phi) is 1.23. The van der Waals surface area contributed by atoms with Gasteiger partial charge in [0.25, 0.3) is 0 Å². The highest BCUT2D eigenvalue weighted by Crippen LogP contribution is 2.10. The van der Waals surface area contributed by atoms with E-state index in [1.54, 1.807) is 12.3 Å². The number of aromatic amines is 1. The lowest BCUT2D eigenvalue weighted by atomic mass is 10.4. The molecule has 0 unspecified atom stereocenters. The van der Waals surface area contributed by atoms with Crippen LogP contribution in [0.4, 0.5) is 5.69 Å². The molecule has 2 aromatic heterocycles. The van der Waals surface area contributed by atoms with E-state index < -0.39 is 4.92 Å². The monoisotopic (exact) mass is 166 g/mol. The second-order valence-corrected chi connectivity index (χ2v) is 2.14. The van der Waals surface area contributed by atoms with Crippen molar-refractivity contribution < 1.29 is 9.44 Å². The summed E-state index contributed by atoms with van der Waals surface area (Å²) in [7, 11) is 0. The van der Waals surface area contributed by atoms with Crippen molar-refractivity contribution in [2.45, 2.75) is 0 Å². The van der Waals surface area contributed by atoms with Crippen LogP contribution in [-0.4, -0.2) is 20.4 Å². The van der Waals surface area contributed by atoms with Crippen LogP contribution in [0.1, 0.15) is 0 Å². The van der Waals surface area contributed by atoms with Gasteiger partial charge in [-0.3, -0.25) is 10.1 Å². The fourth-order valence-electron chi connectivity index (χ4n) is 0.929. The predicted octanol–water partition coefficient (Wildman–Crippen LogP) is -0.548. The van der Waals surface area contributed by atoms with Gasteiger partial charge in [-0.1, -0.05) is 5.21 Å². The van der Waals surface area contributed by atoms with E-state index >= 15 is 0 Å². The lowest BCUT2D eigenvalue weighted by molar-refractivity contribution is -0.585. The van der Waals surface area contributed by atoms with Gasteiger partial charge in [-0.05, 0) is 6.07 Å². The summed E-state index contributed by atoms with van der Waals surface area (Å²) in [4.78, 5) is 9.92. The Morgan fingerprint density at radius 2 is 2.50 bits per heavy atom. The zero-order valence-corrected chi connectivity index (χ0v) is 5.84. The van der Waals surface area contributed by atoms with E-state index in [2.05, 4.69) is 15.5 Å². The topological polar surface area (TPSA) is 88.8 Å². The predicted molar refractivity (Wildman–Crippen MR) is 36.2 cm³/mol. The quantitative estimate of drug-likeness (QED) is 0.349. The molecule has 1 N–H and O–H groups in total. The van der Waals surface area contributed by atoms with Crippen LogP contribution in [0, 0.1) is 10.1 Å². The van der Waals surface area contributed by atoms with Crippen LogP contribution in [0.5, 0.6) is 0 Å². The van der Waals surface area contributed by atoms with E-state index in [1.165, 1.54) is 10.6 Å². The lowest BCUT2D eigenvalue weighted by Crippen LogP contribution is -2.23. The van der Waals surface area contributed by atoms with E-state index in [-0.39, 0.29) is 11.3 Å². The molecule has 0 radical (unpaired) electrons. The molecular formula is C5H4N5O2+. The van der Waals surface area contributed by atoms with Crippen LogP contribution in [0.2, 0.25) is 0 Å². The minimum Gasteiger partial charge on any atom is -0.258 e. The van der Waals surface area contributed by atoms with E-state index in [1.807, 2.05) is 0 Å². The molecule has 0 saturated carbocycles. The maximum absolute atomic E-state index is 10.4. The summed E-state index contributed by atoms with van der Waals surface area (Å²) in [6.45, 7) is 0. The van der Waals surface area contributed by atoms with Crippen LogP contribution in [0.25, 0.3) is 5.65 Å². The largest absolute Gasteiger partial charge is 0.407 e. The first-order valence-electron chi connectivity index (χ1n) is 3.15. The summed E-state index contributed by atoms with van der Waals surface area (Å²) >= 11 is 0. The molecular weight excluding hydrogens is 162 g/mol. The third-order valence-corrected chi connectivity index (χ3v) is 1.44. The van der Waals surface area contributed by atoms with Gasteiger partial charge in [-0.15, -0.1) is 4.52 Å². The lowest BCUT2D eigenvalue weighted by Gasteiger charge is -1.85. The Morgan fingerprint density at radius 1 is 1.67 bits per heavy atom. The molecule has 0 fully saturated rings. The summed E-state index contributed by atoms with van der Waals surface area (Å²) in [5.41, 5.74) is 0.147. The summed E-state index contributed by atoms with van der Waals surface area (Å²) < 4.78 is 1.37. The molecule has 12 heavy (non-hydrogen) atoms. The standard InChI is InChI=1S/C5H3N5O2/c11-10(12)4-2-1-3-9-5(4)6-7-8-9/h1-3H/p+1. The number of rotatable bonds is 1. The van der Waals surface area contributed by atoms with Crippen molar-refractivity contribution in [1.29, 1.82) is 0 Å². The highest BCUT2D eigenvalue weighted by atomic mass is 16.6. The smallest absolute Gasteiger partial charge is 0.258 e. The van der Waals surface area contributed by atoms with Crippen molar-refractivity contribution in [2.75, 3.05) is 0 Å². The van der Waals surface area contributed by atoms with E-state index in [9.17, 15) is 10.1 Å². The Labute approximate surface area is 65.8 Å². The number of hydrogen-bond acceptors (Lipinski definition) is 4. The maximum atomic E-state index is 10.4. The number of nitro groups is 1. The molecule has 0 aliphatic heterocycles. The Morgan fingerprint density at radius 3 is 3.25 bits per heavy atom. The minimum absolute atomic E-state index is 0.0637. The number of H-pyrrole nitrogens is 1. The van der Waals surface area contributed by atoms with Crippen LogP contribution in [0.15, 0.2) is 18.3 Å². The molecule has 0 atom stereocenters. The molecule has 60 valence electrons. The minimum atomic E-state index is -0.502. The fourth-order valence-corrected chi connectivity index (χ4v) is 0.929. The van der Waals surface area contributed by atoms with Gasteiger partial charge < -0.3 is 0 Å². The zero-order chi connectivity index (χ0) is 8.55. The second-order valence-electron chi connectivity index (χ2n) is 2.14. The number of aromatic nitrogens is 4. The van der Waals surface area contributed by atoms with Crippen molar-refractivity contribution in [3.63, 3.8) is 0 Å². The first kappa shape index (κ1) is 6.65. The Bertz CT molecular complexity index is 436. The number of nitrogens with zero attached hydrogens (tertiary/aromatic N) is 4. The average molecular weight is 166 g/mol. The molecule has 0 aromatic carbocycles. The van der Waals surface area contributed by atoms with E-state index in [0.29, 0.717) is 0 Å². The molecule has 0 aliphatic carbocycles. The van der Waals surface area contributed by atoms with E-state index in [0.717, 1.165) is 0 Å². The van der Waals surface area contributed by atoms with Crippen molar-refractivity contribution >= 4 is 11.3 Å². The number of pyridine rings is 1. The molecule has 0 aliphatic rings. The third kappa shape index (κ3) is 0.797.